The fraction of sp³-hybridized carbons (Fsp3) is 0.629. The number of nitrogens with one attached hydrogen (secondary N) is 1. The smallest absolute Gasteiger partial charge is 0.303 e. The van der Waals surface area contributed by atoms with Crippen molar-refractivity contribution >= 4 is 5.97 Å². The molecule has 0 aromatic heterocycles. The summed E-state index contributed by atoms with van der Waals surface area (Å²) >= 11 is 0. The van der Waals surface area contributed by atoms with Gasteiger partial charge in [0.2, 0.25) is 0 Å². The summed E-state index contributed by atoms with van der Waals surface area (Å²) in [6, 6.07) is 7.33. The van der Waals surface area contributed by atoms with E-state index in [1.54, 1.807) is 13.0 Å². The maximum Gasteiger partial charge on any atom is 0.303 e. The van der Waals surface area contributed by atoms with Gasteiger partial charge in [-0.25, -0.2) is 0 Å². The summed E-state index contributed by atoms with van der Waals surface area (Å²) in [6.45, 7) is 3.35. The Morgan fingerprint density at radius 3 is 2.51 bits per heavy atom. The molecule has 7 N–H and O–H groups in total. The summed E-state index contributed by atoms with van der Waals surface area (Å²) in [7, 11) is 0. The number of aliphatic hydroxyl groups excluding tert-OH is 5. The van der Waals surface area contributed by atoms with Gasteiger partial charge in [-0.15, -0.1) is 0 Å². The van der Waals surface area contributed by atoms with Crippen LogP contribution in [0.25, 0.3) is 0 Å². The van der Waals surface area contributed by atoms with Crippen molar-refractivity contribution in [2.24, 2.45) is 0 Å². The van der Waals surface area contributed by atoms with Gasteiger partial charge in [0.05, 0.1) is 31.0 Å². The maximum absolute atomic E-state index is 10.9. The topological polar surface area (TPSA) is 150 Å². The molecule has 1 aliphatic heterocycles. The molecule has 0 radical (unpaired) electrons. The summed E-state index contributed by atoms with van der Waals surface area (Å²) in [5.41, 5.74) is 3.77. The number of aliphatic hydroxyl groups is 5. The molecule has 0 amide bonds. The Bertz CT molecular complexity index is 1090. The van der Waals surface area contributed by atoms with Crippen LogP contribution in [-0.4, -0.2) is 79.7 Å². The van der Waals surface area contributed by atoms with E-state index in [0.29, 0.717) is 38.5 Å². The first kappa shape index (κ1) is 36.7. The quantitative estimate of drug-likeness (QED) is 0.105. The molecule has 0 spiro atoms. The minimum atomic E-state index is -1.05. The van der Waals surface area contributed by atoms with Crippen LogP contribution in [0.4, 0.5) is 0 Å². The third-order valence-electron chi connectivity index (χ3n) is 8.10. The number of hydrogen-bond donors (Lipinski definition) is 7. The SMILES string of the molecule is CCCCC(O)C(O)C=CC1=C(CC(O)CO)C(CCCCCCC(=O)O)NC(C(C)O)CC#Cc2ccccc2CC1. The van der Waals surface area contributed by atoms with Crippen LogP contribution < -0.4 is 5.32 Å². The molecule has 0 bridgehead atoms. The maximum atomic E-state index is 10.9. The van der Waals surface area contributed by atoms with E-state index in [4.69, 9.17) is 5.11 Å². The molecule has 1 aliphatic rings. The van der Waals surface area contributed by atoms with Crippen molar-refractivity contribution < 1.29 is 35.4 Å². The number of aliphatic carboxylic acids is 1. The van der Waals surface area contributed by atoms with Crippen LogP contribution in [0, 0.1) is 11.8 Å². The second-order valence-electron chi connectivity index (χ2n) is 11.7. The number of carboxylic acids is 1. The van der Waals surface area contributed by atoms with E-state index in [0.717, 1.165) is 54.4 Å². The number of fused-ring (bicyclic) bond motifs is 1. The van der Waals surface area contributed by atoms with Gasteiger partial charge in [-0.2, -0.15) is 0 Å². The Morgan fingerprint density at radius 2 is 1.81 bits per heavy atom. The molecule has 2 rings (SSSR count). The van der Waals surface area contributed by atoms with Gasteiger partial charge in [0.15, 0.2) is 0 Å². The number of carboxylic acid groups (broad SMARTS) is 1. The highest BCUT2D eigenvalue weighted by Gasteiger charge is 2.26. The summed E-state index contributed by atoms with van der Waals surface area (Å²) in [6.07, 6.45) is 7.73. The predicted octanol–water partition coefficient (Wildman–Crippen LogP) is 4.02. The molecule has 0 saturated carbocycles. The zero-order chi connectivity index (χ0) is 31.6. The largest absolute Gasteiger partial charge is 0.481 e. The van der Waals surface area contributed by atoms with E-state index >= 15 is 0 Å². The van der Waals surface area contributed by atoms with Crippen LogP contribution in [0.2, 0.25) is 0 Å². The fourth-order valence-electron chi connectivity index (χ4n) is 5.44. The Balaban J connectivity index is 2.55. The number of aryl methyl sites for hydroxylation is 1. The lowest BCUT2D eigenvalue weighted by atomic mass is 9.86. The van der Waals surface area contributed by atoms with Crippen molar-refractivity contribution in [2.75, 3.05) is 6.61 Å². The summed E-state index contributed by atoms with van der Waals surface area (Å²) in [5, 5.41) is 65.0. The lowest BCUT2D eigenvalue weighted by Gasteiger charge is -2.31. The van der Waals surface area contributed by atoms with Crippen molar-refractivity contribution in [1.82, 2.24) is 5.32 Å². The molecule has 0 saturated heterocycles. The molecular formula is C35H53NO7. The van der Waals surface area contributed by atoms with Crippen molar-refractivity contribution in [3.63, 3.8) is 0 Å². The molecule has 8 heteroatoms. The molecule has 0 fully saturated rings. The van der Waals surface area contributed by atoms with E-state index in [9.17, 15) is 30.3 Å². The Morgan fingerprint density at radius 1 is 1.07 bits per heavy atom. The lowest BCUT2D eigenvalue weighted by Crippen LogP contribution is -2.46. The second-order valence-corrected chi connectivity index (χ2v) is 11.7. The predicted molar refractivity (Wildman–Crippen MR) is 169 cm³/mol. The number of hydrogen-bond acceptors (Lipinski definition) is 7. The lowest BCUT2D eigenvalue weighted by molar-refractivity contribution is -0.137. The molecule has 1 heterocycles. The average Bonchev–Trinajstić information content (AvgIpc) is 2.98. The number of unbranched alkanes of at least 4 members (excludes halogenated alkanes) is 4. The first-order chi connectivity index (χ1) is 20.7. The highest BCUT2D eigenvalue weighted by atomic mass is 16.4. The second kappa shape index (κ2) is 20.4. The first-order valence-corrected chi connectivity index (χ1v) is 15.9. The average molecular weight is 600 g/mol. The van der Waals surface area contributed by atoms with Crippen molar-refractivity contribution in [3.8, 4) is 11.8 Å². The van der Waals surface area contributed by atoms with Crippen LogP contribution in [0.5, 0.6) is 0 Å². The van der Waals surface area contributed by atoms with Crippen molar-refractivity contribution in [1.29, 1.82) is 0 Å². The van der Waals surface area contributed by atoms with Gasteiger partial charge in [0.25, 0.3) is 0 Å². The van der Waals surface area contributed by atoms with E-state index in [1.807, 2.05) is 37.3 Å². The van der Waals surface area contributed by atoms with Crippen molar-refractivity contribution in [2.45, 2.75) is 134 Å². The van der Waals surface area contributed by atoms with Crippen LogP contribution in [-0.2, 0) is 11.2 Å². The summed E-state index contributed by atoms with van der Waals surface area (Å²) in [4.78, 5) is 10.9. The zero-order valence-electron chi connectivity index (χ0n) is 25.9. The van der Waals surface area contributed by atoms with E-state index in [1.165, 1.54) is 0 Å². The molecule has 6 atom stereocenters. The molecule has 6 unspecified atom stereocenters. The Labute approximate surface area is 257 Å². The van der Waals surface area contributed by atoms with Gasteiger partial charge in [-0.05, 0) is 68.2 Å². The standard InChI is InChI=1S/C35H53NO7/c1-3-4-17-33(40)34(41)22-21-28-20-19-27-13-10-9-12-26(27)14-11-16-31(25(2)38)36-32(30(28)23-29(39)24-37)15-7-5-6-8-18-35(42)43/h9-10,12-13,21-22,25,29,31-34,36-41H,3-8,15-20,23-24H2,1-2H3,(H,42,43). The minimum absolute atomic E-state index is 0.140. The van der Waals surface area contributed by atoms with Gasteiger partial charge in [-0.3, -0.25) is 4.79 Å². The van der Waals surface area contributed by atoms with Crippen LogP contribution in [0.15, 0.2) is 47.6 Å². The Hall–Kier alpha value is -2.51. The third-order valence-corrected chi connectivity index (χ3v) is 8.10. The van der Waals surface area contributed by atoms with Gasteiger partial charge >= 0.3 is 5.97 Å². The van der Waals surface area contributed by atoms with Gasteiger partial charge < -0.3 is 36.0 Å². The van der Waals surface area contributed by atoms with E-state index < -0.39 is 37.0 Å². The summed E-state index contributed by atoms with van der Waals surface area (Å²) < 4.78 is 0. The number of rotatable bonds is 17. The van der Waals surface area contributed by atoms with Crippen LogP contribution in [0.3, 0.4) is 0 Å². The molecule has 1 aromatic carbocycles. The number of benzene rings is 1. The number of carbonyl (C=O) groups is 1. The summed E-state index contributed by atoms with van der Waals surface area (Å²) in [5.74, 6) is 5.72. The Kier molecular flexibility index (Phi) is 17.4. The van der Waals surface area contributed by atoms with Gasteiger partial charge in [0.1, 0.15) is 0 Å². The molecule has 240 valence electrons. The highest BCUT2D eigenvalue weighted by Crippen LogP contribution is 2.27. The molecular weight excluding hydrogens is 546 g/mol. The fourth-order valence-corrected chi connectivity index (χ4v) is 5.44. The molecule has 43 heavy (non-hydrogen) atoms. The van der Waals surface area contributed by atoms with Crippen LogP contribution >= 0.6 is 0 Å². The first-order valence-electron chi connectivity index (χ1n) is 15.9. The van der Waals surface area contributed by atoms with E-state index in [2.05, 4.69) is 17.2 Å². The highest BCUT2D eigenvalue weighted by molar-refractivity contribution is 5.66. The van der Waals surface area contributed by atoms with Gasteiger partial charge in [-0.1, -0.05) is 81.2 Å². The molecule has 0 aliphatic carbocycles. The third kappa shape index (κ3) is 13.8. The van der Waals surface area contributed by atoms with Gasteiger partial charge in [0, 0.05) is 30.5 Å². The van der Waals surface area contributed by atoms with Crippen LogP contribution in [0.1, 0.15) is 102 Å². The monoisotopic (exact) mass is 599 g/mol. The minimum Gasteiger partial charge on any atom is -0.481 e. The van der Waals surface area contributed by atoms with Crippen molar-refractivity contribution in [3.05, 3.63) is 58.7 Å². The molecule has 8 nitrogen and oxygen atoms in total. The number of allylic oxidation sites excluding steroid dienone is 2. The normalized spacial score (nSPS) is 20.7. The van der Waals surface area contributed by atoms with E-state index in [-0.39, 0.29) is 24.9 Å². The zero-order valence-corrected chi connectivity index (χ0v) is 25.9. The molecule has 1 aromatic rings.